The zero-order chi connectivity index (χ0) is 16.7. The van der Waals surface area contributed by atoms with E-state index >= 15 is 0 Å². The van der Waals surface area contributed by atoms with Gasteiger partial charge in [0.15, 0.2) is 0 Å². The number of primary amides is 1. The summed E-state index contributed by atoms with van der Waals surface area (Å²) in [6.07, 6.45) is 2.10. The second-order valence-electron chi connectivity index (χ2n) is 4.67. The highest BCUT2D eigenvalue weighted by atomic mass is 16.5. The summed E-state index contributed by atoms with van der Waals surface area (Å²) in [5.41, 5.74) is 5.72. The number of nitrogens with two attached hydrogens (primary N) is 1. The van der Waals surface area contributed by atoms with Crippen molar-refractivity contribution in [3.63, 3.8) is 0 Å². The van der Waals surface area contributed by atoms with Crippen molar-refractivity contribution in [1.29, 1.82) is 0 Å². The number of nitrogens with zero attached hydrogens (tertiary/aromatic N) is 2. The molecule has 23 heavy (non-hydrogen) atoms. The molecule has 0 fully saturated rings. The average Bonchev–Trinajstić information content (AvgIpc) is 2.56. The molecule has 118 valence electrons. The highest BCUT2D eigenvalue weighted by Gasteiger charge is 2.15. The van der Waals surface area contributed by atoms with Gasteiger partial charge in [0, 0.05) is 17.8 Å². The molecule has 1 unspecified atom stereocenters. The molecule has 1 aromatic heterocycles. The number of carbonyl (C=O) groups excluding carboxylic acids is 1. The summed E-state index contributed by atoms with van der Waals surface area (Å²) in [6, 6.07) is 10.9. The first-order chi connectivity index (χ1) is 11.1. The fourth-order valence-electron chi connectivity index (χ4n) is 1.82. The van der Waals surface area contributed by atoms with E-state index in [1.165, 1.54) is 0 Å². The molecule has 0 saturated carbocycles. The summed E-state index contributed by atoms with van der Waals surface area (Å²) in [6.45, 7) is 1.80. The number of amides is 2. The minimum Gasteiger partial charge on any atom is -0.439 e. The van der Waals surface area contributed by atoms with Crippen LogP contribution in [-0.2, 0) is 0 Å². The van der Waals surface area contributed by atoms with Gasteiger partial charge in [0.25, 0.3) is 0 Å². The van der Waals surface area contributed by atoms with Gasteiger partial charge in [0.1, 0.15) is 11.8 Å². The van der Waals surface area contributed by atoms with Crippen LogP contribution in [0.2, 0.25) is 0 Å². The maximum absolute atomic E-state index is 11.0. The smallest absolute Gasteiger partial charge is 0.339 e. The van der Waals surface area contributed by atoms with Gasteiger partial charge in [-0.15, -0.1) is 0 Å². The first-order valence-electron chi connectivity index (χ1n) is 7.08. The van der Waals surface area contributed by atoms with Crippen LogP contribution in [0, 0.1) is 11.8 Å². The summed E-state index contributed by atoms with van der Waals surface area (Å²) in [5.74, 6) is 6.79. The molecule has 1 heterocycles. The molecule has 0 aliphatic heterocycles. The molecule has 0 saturated heterocycles. The number of pyridine rings is 1. The molecule has 0 spiro atoms. The van der Waals surface area contributed by atoms with Crippen molar-refractivity contribution < 1.29 is 14.7 Å². The van der Waals surface area contributed by atoms with E-state index in [1.807, 2.05) is 6.07 Å². The molecule has 2 rings (SSSR count). The Labute approximate surface area is 134 Å². The van der Waals surface area contributed by atoms with Crippen molar-refractivity contribution in [2.45, 2.75) is 19.4 Å². The first-order valence-corrected chi connectivity index (χ1v) is 7.08. The van der Waals surface area contributed by atoms with Crippen LogP contribution in [-0.4, -0.2) is 27.3 Å². The van der Waals surface area contributed by atoms with Crippen molar-refractivity contribution in [3.8, 4) is 23.5 Å². The van der Waals surface area contributed by atoms with Gasteiger partial charge in [0.05, 0.1) is 0 Å². The average molecular weight is 311 g/mol. The fourth-order valence-corrected chi connectivity index (χ4v) is 1.82. The van der Waals surface area contributed by atoms with Crippen LogP contribution in [0.15, 0.2) is 48.7 Å². The minimum atomic E-state index is -0.932. The maximum Gasteiger partial charge on any atom is 0.339 e. The van der Waals surface area contributed by atoms with Crippen LogP contribution in [0.5, 0.6) is 11.6 Å². The predicted octanol–water partition coefficient (Wildman–Crippen LogP) is 2.77. The molecule has 1 atom stereocenters. The number of ether oxygens (including phenoxy) is 1. The summed E-state index contributed by atoms with van der Waals surface area (Å²) < 4.78 is 5.63. The number of benzene rings is 1. The monoisotopic (exact) mass is 311 g/mol. The van der Waals surface area contributed by atoms with Gasteiger partial charge < -0.3 is 10.5 Å². The van der Waals surface area contributed by atoms with Crippen molar-refractivity contribution in [1.82, 2.24) is 10.0 Å². The fraction of sp³-hybridized carbons (Fsp3) is 0.176. The molecule has 0 radical (unpaired) electrons. The molecule has 3 N–H and O–H groups in total. The van der Waals surface area contributed by atoms with Crippen molar-refractivity contribution in [2.75, 3.05) is 0 Å². The molecule has 6 nitrogen and oxygen atoms in total. The molecule has 0 aliphatic rings. The molecule has 0 aliphatic carbocycles. The number of aromatic nitrogens is 1. The quantitative estimate of drug-likeness (QED) is 0.516. The van der Waals surface area contributed by atoms with Gasteiger partial charge in [-0.05, 0) is 30.7 Å². The molecule has 0 bridgehead atoms. The van der Waals surface area contributed by atoms with Gasteiger partial charge in [-0.1, -0.05) is 30.9 Å². The summed E-state index contributed by atoms with van der Waals surface area (Å²) >= 11 is 0. The maximum atomic E-state index is 11.0. The first kappa shape index (κ1) is 16.3. The lowest BCUT2D eigenvalue weighted by atomic mass is 10.1. The third-order valence-electron chi connectivity index (χ3n) is 2.99. The van der Waals surface area contributed by atoms with Crippen LogP contribution in [0.3, 0.4) is 0 Å². The van der Waals surface area contributed by atoms with E-state index in [0.717, 1.165) is 0 Å². The van der Waals surface area contributed by atoms with Crippen molar-refractivity contribution >= 4 is 6.03 Å². The van der Waals surface area contributed by atoms with Crippen LogP contribution >= 0.6 is 0 Å². The molecule has 2 amide bonds. The Morgan fingerprint density at radius 2 is 2.22 bits per heavy atom. The zero-order valence-corrected chi connectivity index (χ0v) is 12.6. The largest absolute Gasteiger partial charge is 0.439 e. The minimum absolute atomic E-state index is 0.432. The van der Waals surface area contributed by atoms with Gasteiger partial charge in [-0.2, -0.15) is 5.06 Å². The Morgan fingerprint density at radius 3 is 2.87 bits per heavy atom. The Morgan fingerprint density at radius 1 is 1.39 bits per heavy atom. The lowest BCUT2D eigenvalue weighted by molar-refractivity contribution is -0.0591. The van der Waals surface area contributed by atoms with Gasteiger partial charge in [-0.3, -0.25) is 5.21 Å². The van der Waals surface area contributed by atoms with Crippen molar-refractivity contribution in [3.05, 3.63) is 54.2 Å². The van der Waals surface area contributed by atoms with E-state index in [0.29, 0.717) is 28.7 Å². The third-order valence-corrected chi connectivity index (χ3v) is 2.99. The number of hydrogen-bond donors (Lipinski definition) is 2. The second-order valence-corrected chi connectivity index (χ2v) is 4.67. The Hall–Kier alpha value is -3.04. The highest BCUT2D eigenvalue weighted by molar-refractivity contribution is 5.71. The van der Waals surface area contributed by atoms with E-state index in [-0.39, 0.29) is 0 Å². The van der Waals surface area contributed by atoms with Gasteiger partial charge >= 0.3 is 6.03 Å². The Balaban J connectivity index is 2.14. The van der Waals surface area contributed by atoms with E-state index in [4.69, 9.17) is 10.5 Å². The molecular formula is C17H17N3O3. The molecule has 1 aromatic carbocycles. The van der Waals surface area contributed by atoms with E-state index in [2.05, 4.69) is 16.8 Å². The van der Waals surface area contributed by atoms with E-state index < -0.39 is 12.1 Å². The number of hydroxylamine groups is 2. The molecular weight excluding hydrogens is 294 g/mol. The van der Waals surface area contributed by atoms with Crippen LogP contribution in [0.1, 0.15) is 18.9 Å². The predicted molar refractivity (Wildman–Crippen MR) is 84.9 cm³/mol. The van der Waals surface area contributed by atoms with Gasteiger partial charge in [0.2, 0.25) is 5.88 Å². The normalized spacial score (nSPS) is 11.0. The Bertz CT molecular complexity index is 723. The number of urea groups is 1. The lowest BCUT2D eigenvalue weighted by Gasteiger charge is -2.17. The summed E-state index contributed by atoms with van der Waals surface area (Å²) in [5, 5.41) is 9.97. The van der Waals surface area contributed by atoms with E-state index in [9.17, 15) is 10.0 Å². The second kappa shape index (κ2) is 7.82. The topological polar surface area (TPSA) is 88.7 Å². The van der Waals surface area contributed by atoms with Crippen molar-refractivity contribution in [2.24, 2.45) is 5.73 Å². The van der Waals surface area contributed by atoms with Crippen LogP contribution < -0.4 is 10.5 Å². The molecule has 2 aromatic rings. The number of carbonyl (C=O) groups is 1. The third kappa shape index (κ3) is 4.73. The van der Waals surface area contributed by atoms with Crippen LogP contribution in [0.25, 0.3) is 0 Å². The molecule has 6 heteroatoms. The van der Waals surface area contributed by atoms with Crippen LogP contribution in [0.4, 0.5) is 4.79 Å². The zero-order valence-electron chi connectivity index (χ0n) is 12.6. The highest BCUT2D eigenvalue weighted by Crippen LogP contribution is 2.19. The standard InChI is InChI=1S/C17H17N3O3/c1-2-14(20(22)17(18)21)10-9-13-6-5-7-15(12-13)23-16-8-3-4-11-19-16/h3-8,11-12,14,22H,2H2,1H3,(H2,18,21). The lowest BCUT2D eigenvalue weighted by Crippen LogP contribution is -2.40. The SMILES string of the molecule is CCC(C#Cc1cccc(Oc2ccccn2)c1)N(O)C(N)=O. The Kier molecular flexibility index (Phi) is 5.56. The number of hydrogen-bond acceptors (Lipinski definition) is 4. The summed E-state index contributed by atoms with van der Waals surface area (Å²) in [7, 11) is 0. The van der Waals surface area contributed by atoms with Gasteiger partial charge in [-0.25, -0.2) is 9.78 Å². The number of rotatable bonds is 4. The van der Waals surface area contributed by atoms with E-state index in [1.54, 1.807) is 49.5 Å². The summed E-state index contributed by atoms with van der Waals surface area (Å²) in [4.78, 5) is 15.1.